The van der Waals surface area contributed by atoms with E-state index in [4.69, 9.17) is 11.6 Å². The van der Waals surface area contributed by atoms with E-state index >= 15 is 0 Å². The molecule has 0 aromatic heterocycles. The summed E-state index contributed by atoms with van der Waals surface area (Å²) in [6.07, 6.45) is 1.49. The number of hydrogen-bond acceptors (Lipinski definition) is 2. The fourth-order valence-corrected chi connectivity index (χ4v) is 4.10. The number of hydrogen-bond donors (Lipinski definition) is 1. The molecule has 0 aliphatic rings. The van der Waals surface area contributed by atoms with Crippen LogP contribution < -0.4 is 5.32 Å². The average molecular weight is 491 g/mol. The molecule has 0 saturated heterocycles. The zero-order chi connectivity index (χ0) is 25.4. The van der Waals surface area contributed by atoms with E-state index in [2.05, 4.69) is 18.3 Å². The molecule has 2 amide bonds. The molecule has 0 bridgehead atoms. The van der Waals surface area contributed by atoms with Crippen molar-refractivity contribution in [3.8, 4) is 0 Å². The second-order valence-corrected chi connectivity index (χ2v) is 9.70. The van der Waals surface area contributed by atoms with Crippen molar-refractivity contribution in [3.63, 3.8) is 0 Å². The van der Waals surface area contributed by atoms with Gasteiger partial charge in [-0.1, -0.05) is 79.2 Å². The molecule has 0 saturated carbocycles. The van der Waals surface area contributed by atoms with Crippen molar-refractivity contribution in [2.45, 2.75) is 65.6 Å². The Balaban J connectivity index is 1.97. The van der Waals surface area contributed by atoms with Gasteiger partial charge in [0.1, 0.15) is 6.04 Å². The molecule has 35 heavy (non-hydrogen) atoms. The quantitative estimate of drug-likeness (QED) is 0.376. The first kappa shape index (κ1) is 26.5. The van der Waals surface area contributed by atoms with Crippen LogP contribution in [0.4, 0.5) is 0 Å². The number of rotatable bonds is 10. The third kappa shape index (κ3) is 7.69. The van der Waals surface area contributed by atoms with Crippen LogP contribution >= 0.6 is 11.6 Å². The summed E-state index contributed by atoms with van der Waals surface area (Å²) in [6.45, 7) is 8.45. The van der Waals surface area contributed by atoms with E-state index in [1.807, 2.05) is 87.5 Å². The first-order chi connectivity index (χ1) is 16.8. The predicted molar refractivity (Wildman–Crippen MR) is 143 cm³/mol. The van der Waals surface area contributed by atoms with Gasteiger partial charge in [-0.15, -0.1) is 0 Å². The predicted octanol–water partition coefficient (Wildman–Crippen LogP) is 6.05. The van der Waals surface area contributed by atoms with Gasteiger partial charge < -0.3 is 10.2 Å². The van der Waals surface area contributed by atoms with Crippen molar-refractivity contribution in [2.24, 2.45) is 0 Å². The molecule has 1 N–H and O–H groups in total. The summed E-state index contributed by atoms with van der Waals surface area (Å²) in [7, 11) is 0. The van der Waals surface area contributed by atoms with Crippen molar-refractivity contribution >= 4 is 23.4 Å². The number of nitrogens with one attached hydrogen (secondary N) is 1. The number of nitrogens with zero attached hydrogens (tertiary/aromatic N) is 1. The van der Waals surface area contributed by atoms with Gasteiger partial charge in [-0.3, -0.25) is 9.59 Å². The van der Waals surface area contributed by atoms with Crippen molar-refractivity contribution in [1.82, 2.24) is 10.2 Å². The van der Waals surface area contributed by atoms with Crippen molar-refractivity contribution < 1.29 is 9.59 Å². The van der Waals surface area contributed by atoms with Crippen LogP contribution in [0.2, 0.25) is 5.02 Å². The molecule has 0 spiro atoms. The monoisotopic (exact) mass is 490 g/mol. The van der Waals surface area contributed by atoms with E-state index in [-0.39, 0.29) is 24.3 Å². The van der Waals surface area contributed by atoms with Crippen molar-refractivity contribution in [3.05, 3.63) is 106 Å². The number of benzene rings is 3. The summed E-state index contributed by atoms with van der Waals surface area (Å²) in [4.78, 5) is 29.0. The molecule has 0 radical (unpaired) electrons. The van der Waals surface area contributed by atoms with Gasteiger partial charge >= 0.3 is 0 Å². The van der Waals surface area contributed by atoms with Crippen molar-refractivity contribution in [2.75, 3.05) is 0 Å². The summed E-state index contributed by atoms with van der Waals surface area (Å²) in [5.41, 5.74) is 5.22. The van der Waals surface area contributed by atoms with Crippen LogP contribution in [0.1, 0.15) is 48.1 Å². The molecule has 4 nitrogen and oxygen atoms in total. The van der Waals surface area contributed by atoms with Crippen LogP contribution in [0.5, 0.6) is 0 Å². The Bertz CT molecular complexity index is 1130. The smallest absolute Gasteiger partial charge is 0.243 e. The van der Waals surface area contributed by atoms with Gasteiger partial charge in [0.25, 0.3) is 0 Å². The Kier molecular flexibility index (Phi) is 9.50. The Labute approximate surface area is 214 Å². The molecule has 3 rings (SSSR count). The SMILES string of the molecule is CC[C@@H](C)NC(=O)[C@@H](Cc1ccccc1)N(Cc1ccc(Cl)cc1)C(=O)Cc1ccc(C)c(C)c1. The third-order valence-electron chi connectivity index (χ3n) is 6.46. The minimum absolute atomic E-state index is 0.0213. The first-order valence-electron chi connectivity index (χ1n) is 12.2. The van der Waals surface area contributed by atoms with Crippen LogP contribution in [-0.2, 0) is 29.0 Å². The normalized spacial score (nSPS) is 12.6. The standard InChI is InChI=1S/C30H35ClN2O2/c1-5-23(4)32-30(35)28(18-24-9-7-6-8-10-24)33(20-25-13-15-27(31)16-14-25)29(34)19-26-12-11-21(2)22(3)17-26/h6-17,23,28H,5,18-20H2,1-4H3,(H,32,35)/t23-,28-/m1/s1. The van der Waals surface area contributed by atoms with Crippen LogP contribution in [-0.4, -0.2) is 28.8 Å². The van der Waals surface area contributed by atoms with Gasteiger partial charge in [-0.25, -0.2) is 0 Å². The van der Waals surface area contributed by atoms with Crippen LogP contribution in [0, 0.1) is 13.8 Å². The lowest BCUT2D eigenvalue weighted by Gasteiger charge is -2.32. The zero-order valence-corrected chi connectivity index (χ0v) is 21.8. The number of aryl methyl sites for hydroxylation is 2. The topological polar surface area (TPSA) is 49.4 Å². The maximum absolute atomic E-state index is 13.8. The molecule has 184 valence electrons. The van der Waals surface area contributed by atoms with E-state index in [1.165, 1.54) is 5.56 Å². The van der Waals surface area contributed by atoms with E-state index in [1.54, 1.807) is 4.90 Å². The zero-order valence-electron chi connectivity index (χ0n) is 21.1. The van der Waals surface area contributed by atoms with Crippen molar-refractivity contribution in [1.29, 1.82) is 0 Å². The number of amides is 2. The van der Waals surface area contributed by atoms with Gasteiger partial charge in [-0.2, -0.15) is 0 Å². The Morgan fingerprint density at radius 1 is 0.886 bits per heavy atom. The lowest BCUT2D eigenvalue weighted by Crippen LogP contribution is -2.52. The summed E-state index contributed by atoms with van der Waals surface area (Å²) in [5, 5.41) is 3.74. The molecule has 0 aliphatic carbocycles. The van der Waals surface area contributed by atoms with E-state index in [9.17, 15) is 9.59 Å². The average Bonchev–Trinajstić information content (AvgIpc) is 2.85. The van der Waals surface area contributed by atoms with Crippen LogP contribution in [0.15, 0.2) is 72.8 Å². The van der Waals surface area contributed by atoms with Gasteiger partial charge in [0.05, 0.1) is 6.42 Å². The molecule has 0 unspecified atom stereocenters. The minimum Gasteiger partial charge on any atom is -0.352 e. The fourth-order valence-electron chi connectivity index (χ4n) is 3.97. The maximum Gasteiger partial charge on any atom is 0.243 e. The molecule has 0 heterocycles. The van der Waals surface area contributed by atoms with Crippen LogP contribution in [0.25, 0.3) is 0 Å². The Morgan fingerprint density at radius 3 is 2.17 bits per heavy atom. The fraction of sp³-hybridized carbons (Fsp3) is 0.333. The van der Waals surface area contributed by atoms with Crippen LogP contribution in [0.3, 0.4) is 0 Å². The van der Waals surface area contributed by atoms with Gasteiger partial charge in [0, 0.05) is 24.0 Å². The molecule has 3 aromatic rings. The summed E-state index contributed by atoms with van der Waals surface area (Å²) >= 11 is 6.09. The molecular formula is C30H35ClN2O2. The summed E-state index contributed by atoms with van der Waals surface area (Å²) < 4.78 is 0. The van der Waals surface area contributed by atoms with E-state index in [0.717, 1.165) is 28.7 Å². The maximum atomic E-state index is 13.8. The lowest BCUT2D eigenvalue weighted by atomic mass is 10.00. The summed E-state index contributed by atoms with van der Waals surface area (Å²) in [5.74, 6) is -0.214. The highest BCUT2D eigenvalue weighted by Gasteiger charge is 2.31. The Morgan fingerprint density at radius 2 is 1.54 bits per heavy atom. The number of carbonyl (C=O) groups excluding carboxylic acids is 2. The van der Waals surface area contributed by atoms with Gasteiger partial charge in [-0.05, 0) is 67.1 Å². The molecule has 0 fully saturated rings. The largest absolute Gasteiger partial charge is 0.352 e. The summed E-state index contributed by atoms with van der Waals surface area (Å²) in [6, 6.07) is 22.8. The molecule has 2 atom stereocenters. The van der Waals surface area contributed by atoms with Gasteiger partial charge in [0.15, 0.2) is 0 Å². The van der Waals surface area contributed by atoms with E-state index < -0.39 is 6.04 Å². The highest BCUT2D eigenvalue weighted by molar-refractivity contribution is 6.30. The van der Waals surface area contributed by atoms with E-state index in [0.29, 0.717) is 18.0 Å². The minimum atomic E-state index is -0.638. The number of halogens is 1. The molecule has 5 heteroatoms. The lowest BCUT2D eigenvalue weighted by molar-refractivity contribution is -0.141. The molecule has 3 aromatic carbocycles. The first-order valence-corrected chi connectivity index (χ1v) is 12.6. The molecular weight excluding hydrogens is 456 g/mol. The third-order valence-corrected chi connectivity index (χ3v) is 6.72. The highest BCUT2D eigenvalue weighted by Crippen LogP contribution is 2.19. The van der Waals surface area contributed by atoms with Gasteiger partial charge in [0.2, 0.25) is 11.8 Å². The Hall–Kier alpha value is -3.11. The second-order valence-electron chi connectivity index (χ2n) is 9.27. The molecule has 0 aliphatic heterocycles. The highest BCUT2D eigenvalue weighted by atomic mass is 35.5. The second kappa shape index (κ2) is 12.6. The number of carbonyl (C=O) groups is 2.